The maximum atomic E-state index is 12.8. The lowest BCUT2D eigenvalue weighted by Crippen LogP contribution is -2.36. The summed E-state index contributed by atoms with van der Waals surface area (Å²) in [7, 11) is 0. The van der Waals surface area contributed by atoms with Crippen molar-refractivity contribution in [3.05, 3.63) is 23.3 Å². The highest BCUT2D eigenvalue weighted by Crippen LogP contribution is 2.35. The fraction of sp³-hybridized carbons (Fsp3) is 0.706. The standard InChI is InChI=1S/C17H24N4O/c22-17(12-4-1-2-5-12)21-9-3-6-15(21)16-19-11-13-10-18-8-7-14(13)20-16/h11-12,15,18H,1-10H2/t15-/m0/s1. The first kappa shape index (κ1) is 14.1. The number of likely N-dealkylation sites (tertiary alicyclic amines) is 1. The highest BCUT2D eigenvalue weighted by atomic mass is 16.2. The number of carbonyl (C=O) groups is 1. The highest BCUT2D eigenvalue weighted by Gasteiger charge is 2.36. The summed E-state index contributed by atoms with van der Waals surface area (Å²) in [5.41, 5.74) is 2.38. The summed E-state index contributed by atoms with van der Waals surface area (Å²) in [6.45, 7) is 2.73. The Morgan fingerprint density at radius 3 is 2.95 bits per heavy atom. The Hall–Kier alpha value is -1.49. The van der Waals surface area contributed by atoms with Gasteiger partial charge in [-0.2, -0.15) is 0 Å². The molecule has 118 valence electrons. The molecule has 0 radical (unpaired) electrons. The van der Waals surface area contributed by atoms with Crippen molar-refractivity contribution >= 4 is 5.91 Å². The fourth-order valence-corrected chi connectivity index (χ4v) is 4.12. The molecular formula is C17H24N4O. The second-order valence-electron chi connectivity index (χ2n) is 6.80. The van der Waals surface area contributed by atoms with Crippen LogP contribution in [-0.2, 0) is 17.8 Å². The quantitative estimate of drug-likeness (QED) is 0.907. The summed E-state index contributed by atoms with van der Waals surface area (Å²) >= 11 is 0. The summed E-state index contributed by atoms with van der Waals surface area (Å²) in [4.78, 5) is 24.2. The Bertz CT molecular complexity index is 568. The van der Waals surface area contributed by atoms with Crippen LogP contribution in [0.15, 0.2) is 6.20 Å². The molecule has 3 heterocycles. The third-order valence-corrected chi connectivity index (χ3v) is 5.37. The van der Waals surface area contributed by atoms with Crippen LogP contribution in [-0.4, -0.2) is 33.9 Å². The van der Waals surface area contributed by atoms with Crippen LogP contribution in [0, 0.1) is 5.92 Å². The minimum atomic E-state index is 0.105. The first-order valence-corrected chi connectivity index (χ1v) is 8.69. The zero-order valence-corrected chi connectivity index (χ0v) is 13.1. The normalized spacial score (nSPS) is 25.5. The van der Waals surface area contributed by atoms with Crippen LogP contribution < -0.4 is 5.32 Å². The predicted molar refractivity (Wildman–Crippen MR) is 83.1 cm³/mol. The van der Waals surface area contributed by atoms with E-state index in [9.17, 15) is 4.79 Å². The molecule has 0 spiro atoms. The van der Waals surface area contributed by atoms with E-state index in [1.165, 1.54) is 24.1 Å². The predicted octanol–water partition coefficient (Wildman–Crippen LogP) is 1.98. The van der Waals surface area contributed by atoms with Crippen molar-refractivity contribution in [3.8, 4) is 0 Å². The molecular weight excluding hydrogens is 276 g/mol. The summed E-state index contributed by atoms with van der Waals surface area (Å²) in [6, 6.07) is 0.105. The minimum absolute atomic E-state index is 0.105. The summed E-state index contributed by atoms with van der Waals surface area (Å²) in [5, 5.41) is 3.35. The second-order valence-corrected chi connectivity index (χ2v) is 6.80. The fourth-order valence-electron chi connectivity index (χ4n) is 4.12. The summed E-state index contributed by atoms with van der Waals surface area (Å²) < 4.78 is 0. The van der Waals surface area contributed by atoms with E-state index in [1.807, 2.05) is 6.20 Å². The zero-order chi connectivity index (χ0) is 14.9. The minimum Gasteiger partial charge on any atom is -0.332 e. The average Bonchev–Trinajstić information content (AvgIpc) is 3.25. The molecule has 1 aliphatic carbocycles. The van der Waals surface area contributed by atoms with Crippen molar-refractivity contribution in [3.63, 3.8) is 0 Å². The van der Waals surface area contributed by atoms with Gasteiger partial charge in [-0.25, -0.2) is 9.97 Å². The van der Waals surface area contributed by atoms with Crippen molar-refractivity contribution in [2.45, 2.75) is 57.5 Å². The second kappa shape index (κ2) is 5.95. The van der Waals surface area contributed by atoms with Crippen LogP contribution in [0.4, 0.5) is 0 Å². The lowest BCUT2D eigenvalue weighted by atomic mass is 10.1. The van der Waals surface area contributed by atoms with E-state index in [0.717, 1.165) is 57.6 Å². The number of nitrogens with one attached hydrogen (secondary N) is 1. The molecule has 1 aromatic heterocycles. The van der Waals surface area contributed by atoms with E-state index in [0.29, 0.717) is 5.91 Å². The van der Waals surface area contributed by atoms with Crippen LogP contribution in [0.3, 0.4) is 0 Å². The highest BCUT2D eigenvalue weighted by molar-refractivity contribution is 5.79. The Balaban J connectivity index is 1.56. The van der Waals surface area contributed by atoms with E-state index in [-0.39, 0.29) is 12.0 Å². The van der Waals surface area contributed by atoms with Gasteiger partial charge in [-0.1, -0.05) is 12.8 Å². The van der Waals surface area contributed by atoms with E-state index < -0.39 is 0 Å². The molecule has 0 aromatic carbocycles. The summed E-state index contributed by atoms with van der Waals surface area (Å²) in [5.74, 6) is 1.47. The lowest BCUT2D eigenvalue weighted by Gasteiger charge is -2.27. The Morgan fingerprint density at radius 2 is 2.09 bits per heavy atom. The topological polar surface area (TPSA) is 58.1 Å². The number of nitrogens with zero attached hydrogens (tertiary/aromatic N) is 3. The van der Waals surface area contributed by atoms with Crippen molar-refractivity contribution in [1.82, 2.24) is 20.2 Å². The molecule has 4 rings (SSSR count). The maximum absolute atomic E-state index is 12.8. The van der Waals surface area contributed by atoms with E-state index in [1.54, 1.807) is 0 Å². The van der Waals surface area contributed by atoms with Gasteiger partial charge in [-0.15, -0.1) is 0 Å². The molecule has 2 aliphatic heterocycles. The molecule has 5 nitrogen and oxygen atoms in total. The molecule has 2 fully saturated rings. The van der Waals surface area contributed by atoms with Crippen LogP contribution in [0.2, 0.25) is 0 Å². The van der Waals surface area contributed by atoms with Gasteiger partial charge in [-0.05, 0) is 25.7 Å². The molecule has 22 heavy (non-hydrogen) atoms. The maximum Gasteiger partial charge on any atom is 0.226 e. The van der Waals surface area contributed by atoms with Gasteiger partial charge in [0, 0.05) is 49.4 Å². The van der Waals surface area contributed by atoms with Gasteiger partial charge in [0.15, 0.2) is 5.82 Å². The molecule has 1 amide bonds. The van der Waals surface area contributed by atoms with Gasteiger partial charge in [-0.3, -0.25) is 4.79 Å². The van der Waals surface area contributed by atoms with E-state index in [4.69, 9.17) is 4.98 Å². The number of hydrogen-bond donors (Lipinski definition) is 1. The SMILES string of the molecule is O=C(C1CCCC1)N1CCC[C@H]1c1ncc2c(n1)CCNC2. The molecule has 3 aliphatic rings. The number of hydrogen-bond acceptors (Lipinski definition) is 4. The van der Waals surface area contributed by atoms with Crippen LogP contribution in [0.25, 0.3) is 0 Å². The molecule has 1 atom stereocenters. The van der Waals surface area contributed by atoms with Crippen molar-refractivity contribution < 1.29 is 4.79 Å². The van der Waals surface area contributed by atoms with E-state index in [2.05, 4.69) is 15.2 Å². The van der Waals surface area contributed by atoms with Crippen LogP contribution in [0.5, 0.6) is 0 Å². The third-order valence-electron chi connectivity index (χ3n) is 5.37. The van der Waals surface area contributed by atoms with Crippen molar-refractivity contribution in [2.24, 2.45) is 5.92 Å². The number of aromatic nitrogens is 2. The smallest absolute Gasteiger partial charge is 0.226 e. The molecule has 0 unspecified atom stereocenters. The Kier molecular flexibility index (Phi) is 3.82. The third kappa shape index (κ3) is 2.51. The van der Waals surface area contributed by atoms with Gasteiger partial charge < -0.3 is 10.2 Å². The van der Waals surface area contributed by atoms with Crippen molar-refractivity contribution in [2.75, 3.05) is 13.1 Å². The zero-order valence-electron chi connectivity index (χ0n) is 13.1. The monoisotopic (exact) mass is 300 g/mol. The molecule has 1 N–H and O–H groups in total. The molecule has 0 bridgehead atoms. The Morgan fingerprint density at radius 1 is 1.23 bits per heavy atom. The number of amides is 1. The average molecular weight is 300 g/mol. The van der Waals surface area contributed by atoms with Gasteiger partial charge in [0.25, 0.3) is 0 Å². The van der Waals surface area contributed by atoms with E-state index >= 15 is 0 Å². The Labute approximate surface area is 131 Å². The first-order chi connectivity index (χ1) is 10.8. The van der Waals surface area contributed by atoms with Gasteiger partial charge in [0.05, 0.1) is 6.04 Å². The molecule has 5 heteroatoms. The number of rotatable bonds is 2. The first-order valence-electron chi connectivity index (χ1n) is 8.69. The largest absolute Gasteiger partial charge is 0.332 e. The van der Waals surface area contributed by atoms with Gasteiger partial charge >= 0.3 is 0 Å². The molecule has 1 saturated carbocycles. The van der Waals surface area contributed by atoms with Gasteiger partial charge in [0.1, 0.15) is 0 Å². The summed E-state index contributed by atoms with van der Waals surface area (Å²) in [6.07, 6.45) is 9.56. The molecule has 1 saturated heterocycles. The van der Waals surface area contributed by atoms with Crippen LogP contribution >= 0.6 is 0 Å². The molecule has 1 aromatic rings. The van der Waals surface area contributed by atoms with Crippen LogP contribution in [0.1, 0.15) is 61.6 Å². The lowest BCUT2D eigenvalue weighted by molar-refractivity contribution is -0.136. The van der Waals surface area contributed by atoms with Crippen molar-refractivity contribution in [1.29, 1.82) is 0 Å². The number of carbonyl (C=O) groups excluding carboxylic acids is 1. The van der Waals surface area contributed by atoms with Gasteiger partial charge in [0.2, 0.25) is 5.91 Å². The number of fused-ring (bicyclic) bond motifs is 1.